The van der Waals surface area contributed by atoms with Crippen LogP contribution < -0.4 is 5.73 Å². The van der Waals surface area contributed by atoms with Crippen molar-refractivity contribution < 1.29 is 4.79 Å². The predicted molar refractivity (Wildman–Crippen MR) is 74.7 cm³/mol. The highest BCUT2D eigenvalue weighted by Gasteiger charge is 2.17. The number of carbonyl (C=O) groups excluding carboxylic acids is 1. The second-order valence-corrected chi connectivity index (χ2v) is 4.85. The van der Waals surface area contributed by atoms with Gasteiger partial charge < -0.3 is 10.6 Å². The molecule has 1 unspecified atom stereocenters. The second-order valence-electron chi connectivity index (χ2n) is 4.46. The van der Waals surface area contributed by atoms with E-state index in [0.717, 1.165) is 13.0 Å². The summed E-state index contributed by atoms with van der Waals surface area (Å²) in [6, 6.07) is 3.12. The summed E-state index contributed by atoms with van der Waals surface area (Å²) in [6.45, 7) is 7.62. The Morgan fingerprint density at radius 2 is 2.17 bits per heavy atom. The average Bonchev–Trinajstić information content (AvgIpc) is 2.33. The summed E-state index contributed by atoms with van der Waals surface area (Å²) in [4.78, 5) is 18.0. The molecule has 0 bridgehead atoms. The number of nitrogen functional groups attached to an aromatic ring is 1. The minimum atomic E-state index is -0.0474. The maximum absolute atomic E-state index is 12.3. The topological polar surface area (TPSA) is 59.2 Å². The van der Waals surface area contributed by atoms with Crippen molar-refractivity contribution in [1.82, 2.24) is 9.88 Å². The SMILES string of the molecule is CCC(C)CN(CC)C(=O)c1cc(N)nc(Cl)c1. The Labute approximate surface area is 113 Å². The van der Waals surface area contributed by atoms with Gasteiger partial charge in [0.15, 0.2) is 0 Å². The Morgan fingerprint density at radius 1 is 1.50 bits per heavy atom. The van der Waals surface area contributed by atoms with Crippen molar-refractivity contribution in [3.8, 4) is 0 Å². The molecule has 1 amide bonds. The number of amides is 1. The van der Waals surface area contributed by atoms with Crippen molar-refractivity contribution in [2.75, 3.05) is 18.8 Å². The normalized spacial score (nSPS) is 12.2. The molecule has 18 heavy (non-hydrogen) atoms. The van der Waals surface area contributed by atoms with Gasteiger partial charge >= 0.3 is 0 Å². The molecule has 1 rings (SSSR count). The van der Waals surface area contributed by atoms with E-state index in [4.69, 9.17) is 17.3 Å². The quantitative estimate of drug-likeness (QED) is 0.836. The fourth-order valence-corrected chi connectivity index (χ4v) is 1.90. The highest BCUT2D eigenvalue weighted by atomic mass is 35.5. The van der Waals surface area contributed by atoms with Crippen molar-refractivity contribution in [3.05, 3.63) is 22.8 Å². The molecular weight excluding hydrogens is 250 g/mol. The van der Waals surface area contributed by atoms with Crippen LogP contribution in [-0.2, 0) is 0 Å². The lowest BCUT2D eigenvalue weighted by atomic mass is 10.1. The van der Waals surface area contributed by atoms with Gasteiger partial charge in [-0.25, -0.2) is 4.98 Å². The lowest BCUT2D eigenvalue weighted by molar-refractivity contribution is 0.0741. The third-order valence-electron chi connectivity index (χ3n) is 2.96. The zero-order valence-electron chi connectivity index (χ0n) is 11.1. The molecule has 0 radical (unpaired) electrons. The average molecular weight is 270 g/mol. The van der Waals surface area contributed by atoms with Crippen LogP contribution in [-0.4, -0.2) is 28.9 Å². The van der Waals surface area contributed by atoms with Crippen LogP contribution in [0, 0.1) is 5.92 Å². The monoisotopic (exact) mass is 269 g/mol. The number of halogens is 1. The molecular formula is C13H20ClN3O. The van der Waals surface area contributed by atoms with Gasteiger partial charge in [-0.1, -0.05) is 31.9 Å². The molecule has 0 spiro atoms. The van der Waals surface area contributed by atoms with E-state index in [1.54, 1.807) is 17.0 Å². The number of anilines is 1. The maximum atomic E-state index is 12.3. The number of aromatic nitrogens is 1. The fourth-order valence-electron chi connectivity index (χ4n) is 1.68. The first-order valence-corrected chi connectivity index (χ1v) is 6.58. The summed E-state index contributed by atoms with van der Waals surface area (Å²) in [5.74, 6) is 0.697. The Bertz CT molecular complexity index is 402. The highest BCUT2D eigenvalue weighted by molar-refractivity contribution is 6.29. The molecule has 1 aromatic rings. The van der Waals surface area contributed by atoms with E-state index < -0.39 is 0 Å². The molecule has 0 aliphatic rings. The molecule has 100 valence electrons. The van der Waals surface area contributed by atoms with E-state index in [1.165, 1.54) is 0 Å². The number of hydrogen-bond acceptors (Lipinski definition) is 3. The zero-order valence-corrected chi connectivity index (χ0v) is 11.9. The lowest BCUT2D eigenvalue weighted by Gasteiger charge is -2.24. The van der Waals surface area contributed by atoms with Crippen molar-refractivity contribution in [1.29, 1.82) is 0 Å². The largest absolute Gasteiger partial charge is 0.384 e. The highest BCUT2D eigenvalue weighted by Crippen LogP contribution is 2.15. The number of rotatable bonds is 5. The first kappa shape index (κ1) is 14.8. The van der Waals surface area contributed by atoms with Crippen LogP contribution in [0.3, 0.4) is 0 Å². The summed E-state index contributed by atoms with van der Waals surface area (Å²) in [7, 11) is 0. The van der Waals surface area contributed by atoms with Gasteiger partial charge in [-0.15, -0.1) is 0 Å². The van der Waals surface area contributed by atoms with Crippen molar-refractivity contribution >= 4 is 23.3 Å². The number of nitrogens with zero attached hydrogens (tertiary/aromatic N) is 2. The molecule has 0 aliphatic carbocycles. The van der Waals surface area contributed by atoms with Crippen LogP contribution >= 0.6 is 11.6 Å². The molecule has 0 aromatic carbocycles. The molecule has 5 heteroatoms. The van der Waals surface area contributed by atoms with E-state index in [2.05, 4.69) is 18.8 Å². The van der Waals surface area contributed by atoms with Crippen molar-refractivity contribution in [3.63, 3.8) is 0 Å². The lowest BCUT2D eigenvalue weighted by Crippen LogP contribution is -2.34. The van der Waals surface area contributed by atoms with Crippen LogP contribution in [0.25, 0.3) is 0 Å². The van der Waals surface area contributed by atoms with Crippen LogP contribution in [0.2, 0.25) is 5.15 Å². The smallest absolute Gasteiger partial charge is 0.254 e. The number of carbonyl (C=O) groups is 1. The van der Waals surface area contributed by atoms with Crippen LogP contribution in [0.4, 0.5) is 5.82 Å². The summed E-state index contributed by atoms with van der Waals surface area (Å²) in [6.07, 6.45) is 1.04. The molecule has 0 aliphatic heterocycles. The van der Waals surface area contributed by atoms with E-state index in [9.17, 15) is 4.79 Å². The van der Waals surface area contributed by atoms with Gasteiger partial charge in [0.05, 0.1) is 0 Å². The minimum absolute atomic E-state index is 0.0474. The standard InChI is InChI=1S/C13H20ClN3O/c1-4-9(3)8-17(5-2)13(18)10-6-11(14)16-12(15)7-10/h6-7,9H,4-5,8H2,1-3H3,(H2,15,16). The minimum Gasteiger partial charge on any atom is -0.384 e. The fraction of sp³-hybridized carbons (Fsp3) is 0.538. The van der Waals surface area contributed by atoms with Gasteiger partial charge in [0.2, 0.25) is 0 Å². The van der Waals surface area contributed by atoms with Gasteiger partial charge in [0.1, 0.15) is 11.0 Å². The molecule has 2 N–H and O–H groups in total. The molecule has 4 nitrogen and oxygen atoms in total. The summed E-state index contributed by atoms with van der Waals surface area (Å²) in [5, 5.41) is 0.248. The van der Waals surface area contributed by atoms with Crippen LogP contribution in [0.5, 0.6) is 0 Å². The molecule has 0 fully saturated rings. The first-order chi connectivity index (χ1) is 8.47. The maximum Gasteiger partial charge on any atom is 0.254 e. The third-order valence-corrected chi connectivity index (χ3v) is 3.15. The summed E-state index contributed by atoms with van der Waals surface area (Å²) < 4.78 is 0. The van der Waals surface area contributed by atoms with E-state index in [1.807, 2.05) is 6.92 Å². The third kappa shape index (κ3) is 3.88. The van der Waals surface area contributed by atoms with Gasteiger partial charge in [0.25, 0.3) is 5.91 Å². The number of pyridine rings is 1. The molecule has 0 saturated heterocycles. The summed E-state index contributed by atoms with van der Waals surface area (Å²) >= 11 is 5.81. The number of hydrogen-bond donors (Lipinski definition) is 1. The molecule has 1 heterocycles. The Kier molecular flexibility index (Phi) is 5.41. The van der Waals surface area contributed by atoms with Crippen LogP contribution in [0.15, 0.2) is 12.1 Å². The van der Waals surface area contributed by atoms with E-state index in [0.29, 0.717) is 18.0 Å². The van der Waals surface area contributed by atoms with Gasteiger partial charge in [-0.2, -0.15) is 0 Å². The zero-order chi connectivity index (χ0) is 13.7. The van der Waals surface area contributed by atoms with Gasteiger partial charge in [0, 0.05) is 18.7 Å². The van der Waals surface area contributed by atoms with Crippen molar-refractivity contribution in [2.24, 2.45) is 5.92 Å². The Hall–Kier alpha value is -1.29. The van der Waals surface area contributed by atoms with Gasteiger partial charge in [-0.05, 0) is 25.0 Å². The Balaban J connectivity index is 2.89. The van der Waals surface area contributed by atoms with E-state index in [-0.39, 0.29) is 16.9 Å². The molecule has 1 atom stereocenters. The summed E-state index contributed by atoms with van der Waals surface area (Å²) in [5.41, 5.74) is 6.10. The van der Waals surface area contributed by atoms with Crippen molar-refractivity contribution in [2.45, 2.75) is 27.2 Å². The van der Waals surface area contributed by atoms with Gasteiger partial charge in [-0.3, -0.25) is 4.79 Å². The second kappa shape index (κ2) is 6.59. The molecule has 0 saturated carbocycles. The van der Waals surface area contributed by atoms with Crippen LogP contribution in [0.1, 0.15) is 37.6 Å². The Morgan fingerprint density at radius 3 is 2.67 bits per heavy atom. The number of nitrogens with two attached hydrogens (primary N) is 1. The molecule has 1 aromatic heterocycles. The van der Waals surface area contributed by atoms with E-state index >= 15 is 0 Å². The predicted octanol–water partition coefficient (Wildman–Crippen LogP) is 2.83. The first-order valence-electron chi connectivity index (χ1n) is 6.20.